The molecule has 1 N–H and O–H groups in total. The second-order valence-corrected chi connectivity index (χ2v) is 6.06. The number of nitrogens with one attached hydrogen (secondary N) is 1. The summed E-state index contributed by atoms with van der Waals surface area (Å²) >= 11 is 0. The Morgan fingerprint density at radius 1 is 1.20 bits per heavy atom. The van der Waals surface area contributed by atoms with Gasteiger partial charge in [0, 0.05) is 12.1 Å². The van der Waals surface area contributed by atoms with E-state index in [9.17, 15) is 24.1 Å². The Bertz CT molecular complexity index is 920. The van der Waals surface area contributed by atoms with Crippen LogP contribution in [0, 0.1) is 15.9 Å². The fraction of sp³-hybridized carbons (Fsp3) is 0.300. The third-order valence-corrected chi connectivity index (χ3v) is 3.99. The zero-order valence-electron chi connectivity index (χ0n) is 16.4. The molecule has 0 aliphatic rings. The highest BCUT2D eigenvalue weighted by Gasteiger charge is 2.21. The van der Waals surface area contributed by atoms with Gasteiger partial charge in [-0.25, -0.2) is 0 Å². The molecule has 0 heterocycles. The number of nitrogens with zero attached hydrogens (tertiary/aromatic N) is 1. The first-order valence-corrected chi connectivity index (χ1v) is 8.99. The number of carbonyl (C=O) groups excluding carboxylic acids is 2. The summed E-state index contributed by atoms with van der Waals surface area (Å²) < 4.78 is 29.0. The molecule has 0 fully saturated rings. The number of amides is 1. The number of nitro benzene ring substituents is 1. The van der Waals surface area contributed by atoms with Crippen molar-refractivity contribution in [3.05, 3.63) is 64.0 Å². The van der Waals surface area contributed by atoms with Crippen LogP contribution in [0.15, 0.2) is 42.5 Å². The van der Waals surface area contributed by atoms with Crippen molar-refractivity contribution >= 4 is 17.6 Å². The van der Waals surface area contributed by atoms with Crippen molar-refractivity contribution in [2.75, 3.05) is 20.3 Å². The fourth-order valence-corrected chi connectivity index (χ4v) is 2.61. The van der Waals surface area contributed by atoms with E-state index in [-0.39, 0.29) is 18.8 Å². The summed E-state index contributed by atoms with van der Waals surface area (Å²) in [6.45, 7) is 1.39. The van der Waals surface area contributed by atoms with Gasteiger partial charge in [-0.3, -0.25) is 19.7 Å². The quantitative estimate of drug-likeness (QED) is 0.357. The molecule has 0 bridgehead atoms. The predicted octanol–water partition coefficient (Wildman–Crippen LogP) is 2.93. The Balaban J connectivity index is 2.07. The highest BCUT2D eigenvalue weighted by atomic mass is 19.1. The number of methoxy groups -OCH3 is 1. The van der Waals surface area contributed by atoms with E-state index >= 15 is 0 Å². The highest BCUT2D eigenvalue weighted by Crippen LogP contribution is 2.24. The van der Waals surface area contributed by atoms with Crippen LogP contribution < -0.4 is 14.8 Å². The molecule has 2 rings (SSSR count). The second-order valence-electron chi connectivity index (χ2n) is 6.06. The number of halogens is 1. The van der Waals surface area contributed by atoms with E-state index < -0.39 is 41.0 Å². The molecule has 0 aromatic heterocycles. The topological polar surface area (TPSA) is 117 Å². The van der Waals surface area contributed by atoms with E-state index in [1.54, 1.807) is 31.2 Å². The first kappa shape index (κ1) is 22.6. The SMILES string of the molecule is CCOC(=O)CC(NC(=O)COc1ccc([N+](=O)[O-])c(F)c1)c1cccc(OC)c1. The van der Waals surface area contributed by atoms with Crippen molar-refractivity contribution in [3.8, 4) is 11.5 Å². The molecule has 30 heavy (non-hydrogen) atoms. The molecule has 9 nitrogen and oxygen atoms in total. The van der Waals surface area contributed by atoms with Gasteiger partial charge >= 0.3 is 11.7 Å². The summed E-state index contributed by atoms with van der Waals surface area (Å²) in [7, 11) is 1.50. The number of carbonyl (C=O) groups is 2. The van der Waals surface area contributed by atoms with Crippen molar-refractivity contribution in [2.24, 2.45) is 0 Å². The summed E-state index contributed by atoms with van der Waals surface area (Å²) in [5, 5.41) is 13.3. The molecule has 2 aromatic rings. The molecule has 0 saturated carbocycles. The maximum atomic E-state index is 13.7. The van der Waals surface area contributed by atoms with Gasteiger partial charge < -0.3 is 19.5 Å². The lowest BCUT2D eigenvalue weighted by Crippen LogP contribution is -2.34. The van der Waals surface area contributed by atoms with Crippen LogP contribution in [0.25, 0.3) is 0 Å². The highest BCUT2D eigenvalue weighted by molar-refractivity contribution is 5.79. The lowest BCUT2D eigenvalue weighted by molar-refractivity contribution is -0.387. The Morgan fingerprint density at radius 3 is 2.60 bits per heavy atom. The van der Waals surface area contributed by atoms with Gasteiger partial charge in [0.25, 0.3) is 5.91 Å². The number of hydrogen-bond donors (Lipinski definition) is 1. The van der Waals surface area contributed by atoms with Gasteiger partial charge in [-0.1, -0.05) is 12.1 Å². The normalized spacial score (nSPS) is 11.3. The minimum absolute atomic E-state index is 0.0448. The van der Waals surface area contributed by atoms with E-state index in [0.717, 1.165) is 12.1 Å². The molecular formula is C20H21FN2O7. The van der Waals surface area contributed by atoms with Gasteiger partial charge in [0.2, 0.25) is 5.82 Å². The van der Waals surface area contributed by atoms with Gasteiger partial charge in [0.15, 0.2) is 6.61 Å². The standard InChI is InChI=1S/C20H21FN2O7/c1-3-29-20(25)11-17(13-5-4-6-14(9-13)28-2)22-19(24)12-30-15-7-8-18(23(26)27)16(21)10-15/h4-10,17H,3,11-12H2,1-2H3,(H,22,24). The summed E-state index contributed by atoms with van der Waals surface area (Å²) in [5.74, 6) is -1.64. The van der Waals surface area contributed by atoms with Crippen molar-refractivity contribution < 1.29 is 33.1 Å². The van der Waals surface area contributed by atoms with Crippen LogP contribution in [0.5, 0.6) is 11.5 Å². The lowest BCUT2D eigenvalue weighted by Gasteiger charge is -2.19. The van der Waals surface area contributed by atoms with Crippen molar-refractivity contribution in [1.82, 2.24) is 5.32 Å². The lowest BCUT2D eigenvalue weighted by atomic mass is 10.0. The van der Waals surface area contributed by atoms with Crippen molar-refractivity contribution in [3.63, 3.8) is 0 Å². The fourth-order valence-electron chi connectivity index (χ4n) is 2.61. The van der Waals surface area contributed by atoms with Gasteiger partial charge in [0.1, 0.15) is 11.5 Å². The summed E-state index contributed by atoms with van der Waals surface area (Å²) in [5.41, 5.74) is -0.0727. The van der Waals surface area contributed by atoms with Crippen LogP contribution in [0.1, 0.15) is 24.9 Å². The Kier molecular flexibility index (Phi) is 8.09. The molecular weight excluding hydrogens is 399 g/mol. The molecule has 160 valence electrons. The Labute approximate surface area is 171 Å². The first-order chi connectivity index (χ1) is 14.3. The zero-order valence-corrected chi connectivity index (χ0v) is 16.4. The molecule has 1 unspecified atom stereocenters. The summed E-state index contributed by atoms with van der Waals surface area (Å²) in [6, 6.07) is 9.09. The number of rotatable bonds is 10. The maximum absolute atomic E-state index is 13.7. The van der Waals surface area contributed by atoms with E-state index in [0.29, 0.717) is 11.3 Å². The second kappa shape index (κ2) is 10.7. The number of nitro groups is 1. The van der Waals surface area contributed by atoms with Crippen LogP contribution in [0.4, 0.5) is 10.1 Å². The van der Waals surface area contributed by atoms with Gasteiger partial charge in [0.05, 0.1) is 31.1 Å². The van der Waals surface area contributed by atoms with Crippen molar-refractivity contribution in [2.45, 2.75) is 19.4 Å². The predicted molar refractivity (Wildman–Crippen MR) is 104 cm³/mol. The molecule has 0 aliphatic carbocycles. The van der Waals surface area contributed by atoms with Crippen molar-refractivity contribution in [1.29, 1.82) is 0 Å². The molecule has 0 saturated heterocycles. The monoisotopic (exact) mass is 420 g/mol. The van der Waals surface area contributed by atoms with Gasteiger partial charge in [-0.2, -0.15) is 4.39 Å². The summed E-state index contributed by atoms with van der Waals surface area (Å²) in [4.78, 5) is 34.1. The van der Waals surface area contributed by atoms with Gasteiger partial charge in [-0.15, -0.1) is 0 Å². The molecule has 1 amide bonds. The number of hydrogen-bond acceptors (Lipinski definition) is 7. The third-order valence-electron chi connectivity index (χ3n) is 3.99. The van der Waals surface area contributed by atoms with E-state index in [1.165, 1.54) is 13.2 Å². The van der Waals surface area contributed by atoms with Crippen LogP contribution in [-0.2, 0) is 14.3 Å². The molecule has 0 spiro atoms. The minimum atomic E-state index is -1.07. The average molecular weight is 420 g/mol. The first-order valence-electron chi connectivity index (χ1n) is 8.99. The molecule has 2 aromatic carbocycles. The largest absolute Gasteiger partial charge is 0.497 e. The number of esters is 1. The smallest absolute Gasteiger partial charge is 0.308 e. The molecule has 1 atom stereocenters. The van der Waals surface area contributed by atoms with E-state index in [4.69, 9.17) is 14.2 Å². The Hall–Kier alpha value is -3.69. The third kappa shape index (κ3) is 6.43. The molecule has 0 aliphatic heterocycles. The zero-order chi connectivity index (χ0) is 22.1. The summed E-state index contributed by atoms with van der Waals surface area (Å²) in [6.07, 6.45) is -0.112. The van der Waals surface area contributed by atoms with E-state index in [1.807, 2.05) is 0 Å². The average Bonchev–Trinajstić information content (AvgIpc) is 2.71. The Morgan fingerprint density at radius 2 is 1.97 bits per heavy atom. The van der Waals surface area contributed by atoms with Crippen LogP contribution in [-0.4, -0.2) is 37.1 Å². The van der Waals surface area contributed by atoms with E-state index in [2.05, 4.69) is 5.32 Å². The number of ether oxygens (including phenoxy) is 3. The minimum Gasteiger partial charge on any atom is -0.497 e. The number of benzene rings is 2. The maximum Gasteiger partial charge on any atom is 0.308 e. The van der Waals surface area contributed by atoms with Gasteiger partial charge in [-0.05, 0) is 30.7 Å². The molecule has 0 radical (unpaired) electrons. The van der Waals surface area contributed by atoms with Crippen LogP contribution >= 0.6 is 0 Å². The van der Waals surface area contributed by atoms with Crippen LogP contribution in [0.3, 0.4) is 0 Å². The molecule has 10 heteroatoms. The van der Waals surface area contributed by atoms with Crippen LogP contribution in [0.2, 0.25) is 0 Å².